The van der Waals surface area contributed by atoms with Crippen molar-refractivity contribution in [2.24, 2.45) is 0 Å². The molecule has 1 aliphatic rings. The van der Waals surface area contributed by atoms with Gasteiger partial charge in [0, 0.05) is 38.5 Å². The van der Waals surface area contributed by atoms with Crippen LogP contribution in [0.25, 0.3) is 0 Å². The molecule has 21 heavy (non-hydrogen) atoms. The third kappa shape index (κ3) is 3.97. The lowest BCUT2D eigenvalue weighted by Gasteiger charge is -2.39. The van der Waals surface area contributed by atoms with E-state index in [2.05, 4.69) is 29.2 Å². The highest BCUT2D eigenvalue weighted by atomic mass is 16.5. The molecule has 1 aromatic carbocycles. The van der Waals surface area contributed by atoms with E-state index in [4.69, 9.17) is 4.74 Å². The van der Waals surface area contributed by atoms with Gasteiger partial charge < -0.3 is 14.5 Å². The Balaban J connectivity index is 1.99. The lowest BCUT2D eigenvalue weighted by atomic mass is 10.0. The fourth-order valence-electron chi connectivity index (χ4n) is 2.93. The van der Waals surface area contributed by atoms with Crippen LogP contribution in [0.15, 0.2) is 30.3 Å². The fraction of sp³-hybridized carbons (Fsp3) is 0.588. The molecule has 0 unspecified atom stereocenters. The van der Waals surface area contributed by atoms with Crippen molar-refractivity contribution in [3.63, 3.8) is 0 Å². The highest BCUT2D eigenvalue weighted by molar-refractivity contribution is 5.80. The summed E-state index contributed by atoms with van der Waals surface area (Å²) in [6, 6.07) is 10.7. The molecule has 0 aliphatic carbocycles. The summed E-state index contributed by atoms with van der Waals surface area (Å²) in [4.78, 5) is 16.6. The van der Waals surface area contributed by atoms with Crippen LogP contribution < -0.4 is 4.90 Å². The Morgan fingerprint density at radius 2 is 2.14 bits per heavy atom. The van der Waals surface area contributed by atoms with E-state index >= 15 is 0 Å². The highest BCUT2D eigenvalue weighted by Gasteiger charge is 2.28. The van der Waals surface area contributed by atoms with Crippen molar-refractivity contribution in [2.45, 2.75) is 38.8 Å². The van der Waals surface area contributed by atoms with Crippen LogP contribution in [0.5, 0.6) is 0 Å². The first-order valence-corrected chi connectivity index (χ1v) is 7.81. The second kappa shape index (κ2) is 7.46. The topological polar surface area (TPSA) is 32.8 Å². The van der Waals surface area contributed by atoms with Gasteiger partial charge in [0.1, 0.15) is 6.10 Å². The molecule has 1 aliphatic heterocycles. The van der Waals surface area contributed by atoms with E-state index in [0.717, 1.165) is 25.9 Å². The number of benzene rings is 1. The van der Waals surface area contributed by atoms with Gasteiger partial charge in [-0.2, -0.15) is 0 Å². The average molecular weight is 290 g/mol. The maximum atomic E-state index is 12.4. The van der Waals surface area contributed by atoms with Crippen molar-refractivity contribution in [3.05, 3.63) is 30.3 Å². The fourth-order valence-corrected chi connectivity index (χ4v) is 2.93. The monoisotopic (exact) mass is 290 g/mol. The Hall–Kier alpha value is -1.55. The quantitative estimate of drug-likeness (QED) is 0.835. The molecule has 2 atom stereocenters. The molecule has 0 aromatic heterocycles. The number of likely N-dealkylation sites (N-methyl/N-ethyl adjacent to an activating group) is 1. The van der Waals surface area contributed by atoms with Gasteiger partial charge in [0.25, 0.3) is 5.91 Å². The van der Waals surface area contributed by atoms with Crippen LogP contribution in [-0.2, 0) is 9.53 Å². The van der Waals surface area contributed by atoms with Gasteiger partial charge in [0.2, 0.25) is 0 Å². The average Bonchev–Trinajstić information content (AvgIpc) is 2.54. The normalized spacial score (nSPS) is 20.1. The third-order valence-corrected chi connectivity index (χ3v) is 4.18. The third-order valence-electron chi connectivity index (χ3n) is 4.18. The molecule has 4 nitrogen and oxygen atoms in total. The van der Waals surface area contributed by atoms with E-state index in [1.165, 1.54) is 5.69 Å². The maximum absolute atomic E-state index is 12.4. The molecule has 0 saturated carbocycles. The number of nitrogens with zero attached hydrogens (tertiary/aromatic N) is 2. The number of para-hydroxylation sites is 1. The van der Waals surface area contributed by atoms with Crippen LogP contribution in [0.2, 0.25) is 0 Å². The van der Waals surface area contributed by atoms with Crippen LogP contribution >= 0.6 is 0 Å². The number of carbonyl (C=O) groups is 1. The van der Waals surface area contributed by atoms with Gasteiger partial charge in [-0.05, 0) is 38.8 Å². The summed E-state index contributed by atoms with van der Waals surface area (Å²) in [5.74, 6) is 0.0803. The lowest BCUT2D eigenvalue weighted by molar-refractivity contribution is -0.143. The standard InChI is InChI=1S/C17H26N2O2/c1-4-21-14(2)17(20)18(3)16-11-8-12-19(13-16)15-9-6-5-7-10-15/h5-7,9-10,14,16H,4,8,11-13H2,1-3H3/t14-,16-/m1/s1. The van der Waals surface area contributed by atoms with Crippen LogP contribution in [0, 0.1) is 0 Å². The smallest absolute Gasteiger partial charge is 0.251 e. The molecule has 0 radical (unpaired) electrons. The molecule has 1 fully saturated rings. The molecule has 2 rings (SSSR count). The molecular weight excluding hydrogens is 264 g/mol. The molecule has 1 amide bonds. The summed E-state index contributed by atoms with van der Waals surface area (Å²) in [6.45, 7) is 6.28. The molecule has 4 heteroatoms. The Morgan fingerprint density at radius 1 is 1.43 bits per heavy atom. The SMILES string of the molecule is CCO[C@H](C)C(=O)N(C)[C@@H]1CCCN(c2ccccc2)C1. The number of ether oxygens (including phenoxy) is 1. The van der Waals surface area contributed by atoms with E-state index in [1.54, 1.807) is 0 Å². The number of hydrogen-bond acceptors (Lipinski definition) is 3. The summed E-state index contributed by atoms with van der Waals surface area (Å²) < 4.78 is 5.42. The molecule has 116 valence electrons. The zero-order valence-electron chi connectivity index (χ0n) is 13.3. The minimum Gasteiger partial charge on any atom is -0.369 e. The number of piperidine rings is 1. The maximum Gasteiger partial charge on any atom is 0.251 e. The van der Waals surface area contributed by atoms with Crippen LogP contribution in [0.4, 0.5) is 5.69 Å². The first-order chi connectivity index (χ1) is 10.1. The van der Waals surface area contributed by atoms with Gasteiger partial charge in [0.15, 0.2) is 0 Å². The second-order valence-electron chi connectivity index (χ2n) is 5.62. The number of rotatable bonds is 5. The summed E-state index contributed by atoms with van der Waals surface area (Å²) in [6.07, 6.45) is 1.82. The number of carbonyl (C=O) groups excluding carboxylic acids is 1. The predicted molar refractivity (Wildman–Crippen MR) is 85.5 cm³/mol. The minimum absolute atomic E-state index is 0.0803. The first kappa shape index (κ1) is 15.8. The molecule has 0 spiro atoms. The molecular formula is C17H26N2O2. The largest absolute Gasteiger partial charge is 0.369 e. The van der Waals surface area contributed by atoms with Crippen molar-refractivity contribution in [3.8, 4) is 0 Å². The Labute approximate surface area is 127 Å². The molecule has 1 heterocycles. The van der Waals surface area contributed by atoms with Crippen molar-refractivity contribution in [2.75, 3.05) is 31.6 Å². The van der Waals surface area contributed by atoms with E-state index < -0.39 is 0 Å². The number of amides is 1. The van der Waals surface area contributed by atoms with Crippen molar-refractivity contribution >= 4 is 11.6 Å². The van der Waals surface area contributed by atoms with Gasteiger partial charge in [0.05, 0.1) is 0 Å². The Morgan fingerprint density at radius 3 is 2.81 bits per heavy atom. The summed E-state index contributed by atoms with van der Waals surface area (Å²) in [7, 11) is 1.90. The van der Waals surface area contributed by atoms with E-state index in [9.17, 15) is 4.79 Å². The highest BCUT2D eigenvalue weighted by Crippen LogP contribution is 2.22. The number of anilines is 1. The zero-order chi connectivity index (χ0) is 15.2. The Kier molecular flexibility index (Phi) is 5.62. The molecule has 1 saturated heterocycles. The van der Waals surface area contributed by atoms with Crippen molar-refractivity contribution < 1.29 is 9.53 Å². The van der Waals surface area contributed by atoms with Gasteiger partial charge in [-0.3, -0.25) is 4.79 Å². The van der Waals surface area contributed by atoms with Gasteiger partial charge in [-0.25, -0.2) is 0 Å². The molecule has 0 bridgehead atoms. The van der Waals surface area contributed by atoms with Crippen molar-refractivity contribution in [1.29, 1.82) is 0 Å². The molecule has 1 aromatic rings. The summed E-state index contributed by atoms with van der Waals surface area (Å²) in [5.41, 5.74) is 1.24. The van der Waals surface area contributed by atoms with Crippen molar-refractivity contribution in [1.82, 2.24) is 4.90 Å². The molecule has 0 N–H and O–H groups in total. The number of hydrogen-bond donors (Lipinski definition) is 0. The van der Waals surface area contributed by atoms with Gasteiger partial charge in [-0.15, -0.1) is 0 Å². The zero-order valence-corrected chi connectivity index (χ0v) is 13.3. The van der Waals surface area contributed by atoms with Gasteiger partial charge >= 0.3 is 0 Å². The lowest BCUT2D eigenvalue weighted by Crippen LogP contribution is -2.51. The van der Waals surface area contributed by atoms with E-state index in [-0.39, 0.29) is 18.1 Å². The Bertz CT molecular complexity index is 449. The predicted octanol–water partition coefficient (Wildman–Crippen LogP) is 2.54. The van der Waals surface area contributed by atoms with Gasteiger partial charge in [-0.1, -0.05) is 18.2 Å². The van der Waals surface area contributed by atoms with Crippen LogP contribution in [-0.4, -0.2) is 49.7 Å². The first-order valence-electron chi connectivity index (χ1n) is 7.81. The van der Waals surface area contributed by atoms with E-state index in [1.807, 2.05) is 31.9 Å². The summed E-state index contributed by atoms with van der Waals surface area (Å²) in [5, 5.41) is 0. The van der Waals surface area contributed by atoms with E-state index in [0.29, 0.717) is 6.61 Å². The van der Waals surface area contributed by atoms with Crippen LogP contribution in [0.3, 0.4) is 0 Å². The minimum atomic E-state index is -0.355. The van der Waals surface area contributed by atoms with Crippen LogP contribution in [0.1, 0.15) is 26.7 Å². The summed E-state index contributed by atoms with van der Waals surface area (Å²) >= 11 is 0. The second-order valence-corrected chi connectivity index (χ2v) is 5.62.